The lowest BCUT2D eigenvalue weighted by Gasteiger charge is -2.38. The van der Waals surface area contributed by atoms with Crippen molar-refractivity contribution in [3.8, 4) is 5.75 Å². The van der Waals surface area contributed by atoms with E-state index in [0.717, 1.165) is 24.5 Å². The molecule has 0 radical (unpaired) electrons. The summed E-state index contributed by atoms with van der Waals surface area (Å²) in [6.07, 6.45) is 2.92. The maximum atomic E-state index is 13.8. The van der Waals surface area contributed by atoms with Gasteiger partial charge in [-0.1, -0.05) is 30.3 Å². The first-order chi connectivity index (χ1) is 15.5. The summed E-state index contributed by atoms with van der Waals surface area (Å²) in [5.41, 5.74) is 0.977. The average molecular weight is 443 g/mol. The predicted molar refractivity (Wildman–Crippen MR) is 116 cm³/mol. The quantitative estimate of drug-likeness (QED) is 0.708. The van der Waals surface area contributed by atoms with Gasteiger partial charge in [-0.05, 0) is 30.5 Å². The van der Waals surface area contributed by atoms with Gasteiger partial charge in [0.1, 0.15) is 11.9 Å². The Morgan fingerprint density at radius 2 is 1.69 bits per heavy atom. The predicted octanol–water partition coefficient (Wildman–Crippen LogP) is 3.82. The van der Waals surface area contributed by atoms with Crippen molar-refractivity contribution in [3.63, 3.8) is 0 Å². The van der Waals surface area contributed by atoms with Gasteiger partial charge in [0, 0.05) is 45.1 Å². The number of carbonyl (C=O) groups is 2. The summed E-state index contributed by atoms with van der Waals surface area (Å²) >= 11 is 0. The average Bonchev–Trinajstić information content (AvgIpc) is 2.81. The Bertz CT molecular complexity index is 945. The van der Waals surface area contributed by atoms with Crippen LogP contribution >= 0.6 is 0 Å². The maximum absolute atomic E-state index is 13.8. The second-order valence-corrected chi connectivity index (χ2v) is 8.56. The molecule has 2 saturated heterocycles. The topological polar surface area (TPSA) is 49.9 Å². The second kappa shape index (κ2) is 10.1. The third kappa shape index (κ3) is 5.44. The molecule has 2 aliphatic heterocycles. The van der Waals surface area contributed by atoms with Gasteiger partial charge in [0.15, 0.2) is 11.6 Å². The zero-order chi connectivity index (χ0) is 22.5. The summed E-state index contributed by atoms with van der Waals surface area (Å²) in [5.74, 6) is -1.37. The molecule has 2 aromatic rings. The monoisotopic (exact) mass is 442 g/mol. The van der Waals surface area contributed by atoms with Crippen molar-refractivity contribution < 1.29 is 23.1 Å². The third-order valence-corrected chi connectivity index (χ3v) is 6.26. The van der Waals surface area contributed by atoms with Crippen molar-refractivity contribution >= 4 is 11.8 Å². The van der Waals surface area contributed by atoms with Gasteiger partial charge in [0.25, 0.3) is 0 Å². The number of rotatable bonds is 5. The van der Waals surface area contributed by atoms with Gasteiger partial charge in [0.2, 0.25) is 11.8 Å². The first kappa shape index (κ1) is 22.2. The van der Waals surface area contributed by atoms with Crippen molar-refractivity contribution in [1.82, 2.24) is 9.80 Å². The van der Waals surface area contributed by atoms with E-state index in [-0.39, 0.29) is 29.6 Å². The fourth-order valence-electron chi connectivity index (χ4n) is 4.49. The van der Waals surface area contributed by atoms with Crippen LogP contribution in [-0.4, -0.2) is 53.9 Å². The van der Waals surface area contributed by atoms with Crippen LogP contribution in [0.3, 0.4) is 0 Å². The molecule has 4 rings (SSSR count). The highest BCUT2D eigenvalue weighted by Crippen LogP contribution is 2.25. The van der Waals surface area contributed by atoms with E-state index in [2.05, 4.69) is 0 Å². The van der Waals surface area contributed by atoms with Gasteiger partial charge >= 0.3 is 0 Å². The smallest absolute Gasteiger partial charge is 0.227 e. The SMILES string of the molecule is O=C(Cc1ccccc1)N1CCCC(C(=O)N2CCC(Oc3ccc(F)cc3F)CC2)C1. The van der Waals surface area contributed by atoms with Gasteiger partial charge in [-0.3, -0.25) is 9.59 Å². The van der Waals surface area contributed by atoms with Crippen LogP contribution in [0.1, 0.15) is 31.2 Å². The van der Waals surface area contributed by atoms with Gasteiger partial charge < -0.3 is 14.5 Å². The van der Waals surface area contributed by atoms with Crippen LogP contribution in [0.4, 0.5) is 8.78 Å². The Morgan fingerprint density at radius 1 is 0.938 bits per heavy atom. The summed E-state index contributed by atoms with van der Waals surface area (Å²) in [7, 11) is 0. The van der Waals surface area contributed by atoms with Crippen LogP contribution < -0.4 is 4.74 Å². The first-order valence-corrected chi connectivity index (χ1v) is 11.2. The Labute approximate surface area is 187 Å². The highest BCUT2D eigenvalue weighted by atomic mass is 19.1. The fraction of sp³-hybridized carbons (Fsp3) is 0.440. The zero-order valence-electron chi connectivity index (χ0n) is 18.0. The molecule has 2 aromatic carbocycles. The summed E-state index contributed by atoms with van der Waals surface area (Å²) in [6, 6.07) is 12.9. The molecule has 1 atom stereocenters. The van der Waals surface area contributed by atoms with Crippen LogP contribution in [0.25, 0.3) is 0 Å². The maximum Gasteiger partial charge on any atom is 0.227 e. The Hall–Kier alpha value is -2.96. The van der Waals surface area contributed by atoms with Crippen LogP contribution in [0, 0.1) is 17.6 Å². The minimum absolute atomic E-state index is 0.0380. The summed E-state index contributed by atoms with van der Waals surface area (Å²) < 4.78 is 32.6. The summed E-state index contributed by atoms with van der Waals surface area (Å²) in [6.45, 7) is 2.21. The molecule has 2 heterocycles. The van der Waals surface area contributed by atoms with Crippen molar-refractivity contribution in [2.45, 2.75) is 38.2 Å². The van der Waals surface area contributed by atoms with Gasteiger partial charge in [-0.15, -0.1) is 0 Å². The van der Waals surface area contributed by atoms with Gasteiger partial charge in [0.05, 0.1) is 12.3 Å². The summed E-state index contributed by atoms with van der Waals surface area (Å²) in [4.78, 5) is 29.4. The lowest BCUT2D eigenvalue weighted by Crippen LogP contribution is -2.49. The molecular weight excluding hydrogens is 414 g/mol. The molecule has 5 nitrogen and oxygen atoms in total. The normalized spacial score (nSPS) is 19.6. The van der Waals surface area contributed by atoms with E-state index < -0.39 is 11.6 Å². The van der Waals surface area contributed by atoms with E-state index in [9.17, 15) is 18.4 Å². The fourth-order valence-corrected chi connectivity index (χ4v) is 4.49. The molecule has 1 unspecified atom stereocenters. The number of piperidine rings is 2. The number of hydrogen-bond acceptors (Lipinski definition) is 3. The van der Waals surface area contributed by atoms with Crippen LogP contribution in [0.2, 0.25) is 0 Å². The lowest BCUT2D eigenvalue weighted by molar-refractivity contribution is -0.142. The number of ether oxygens (including phenoxy) is 1. The number of hydrogen-bond donors (Lipinski definition) is 0. The number of likely N-dealkylation sites (tertiary alicyclic amines) is 2. The molecule has 2 amide bonds. The van der Waals surface area contributed by atoms with E-state index >= 15 is 0 Å². The number of carbonyl (C=O) groups excluding carboxylic acids is 2. The molecular formula is C25H28F2N2O3. The molecule has 0 aliphatic carbocycles. The molecule has 32 heavy (non-hydrogen) atoms. The Kier molecular flexibility index (Phi) is 7.02. The number of amides is 2. The van der Waals surface area contributed by atoms with Crippen molar-refractivity contribution in [2.75, 3.05) is 26.2 Å². The molecule has 0 bridgehead atoms. The van der Waals surface area contributed by atoms with E-state index in [1.54, 1.807) is 0 Å². The van der Waals surface area contributed by atoms with Gasteiger partial charge in [-0.25, -0.2) is 8.78 Å². The molecule has 0 saturated carbocycles. The van der Waals surface area contributed by atoms with Crippen molar-refractivity contribution in [1.29, 1.82) is 0 Å². The van der Waals surface area contributed by atoms with Crippen molar-refractivity contribution in [3.05, 3.63) is 65.7 Å². The van der Waals surface area contributed by atoms with E-state index in [0.29, 0.717) is 45.4 Å². The lowest BCUT2D eigenvalue weighted by atomic mass is 9.94. The van der Waals surface area contributed by atoms with E-state index in [1.807, 2.05) is 40.1 Å². The summed E-state index contributed by atoms with van der Waals surface area (Å²) in [5, 5.41) is 0. The van der Waals surface area contributed by atoms with E-state index in [1.165, 1.54) is 12.1 Å². The van der Waals surface area contributed by atoms with Crippen LogP contribution in [0.5, 0.6) is 5.75 Å². The second-order valence-electron chi connectivity index (χ2n) is 8.56. The number of halogens is 2. The third-order valence-electron chi connectivity index (χ3n) is 6.26. The van der Waals surface area contributed by atoms with Crippen molar-refractivity contribution in [2.24, 2.45) is 5.92 Å². The highest BCUT2D eigenvalue weighted by molar-refractivity contribution is 5.82. The molecule has 0 spiro atoms. The molecule has 2 fully saturated rings. The van der Waals surface area contributed by atoms with Crippen LogP contribution in [0.15, 0.2) is 48.5 Å². The highest BCUT2D eigenvalue weighted by Gasteiger charge is 2.33. The molecule has 0 aromatic heterocycles. The minimum atomic E-state index is -0.717. The van der Waals surface area contributed by atoms with Gasteiger partial charge in [-0.2, -0.15) is 0 Å². The molecule has 7 heteroatoms. The Balaban J connectivity index is 1.27. The van der Waals surface area contributed by atoms with Crippen LogP contribution in [-0.2, 0) is 16.0 Å². The molecule has 2 aliphatic rings. The Morgan fingerprint density at radius 3 is 2.41 bits per heavy atom. The first-order valence-electron chi connectivity index (χ1n) is 11.2. The number of nitrogens with zero attached hydrogens (tertiary/aromatic N) is 2. The largest absolute Gasteiger partial charge is 0.487 e. The number of benzene rings is 2. The zero-order valence-corrected chi connectivity index (χ0v) is 18.0. The van der Waals surface area contributed by atoms with E-state index in [4.69, 9.17) is 4.74 Å². The molecule has 0 N–H and O–H groups in total. The standard InChI is InChI=1S/C25H28F2N2O3/c26-20-8-9-23(22(27)16-20)32-21-10-13-28(14-11-21)25(31)19-7-4-12-29(17-19)24(30)15-18-5-2-1-3-6-18/h1-3,5-6,8-9,16,19,21H,4,7,10-15,17H2. The molecule has 170 valence electrons. The minimum Gasteiger partial charge on any atom is -0.487 e.